The van der Waals surface area contributed by atoms with Crippen LogP contribution >= 0.6 is 11.3 Å². The van der Waals surface area contributed by atoms with Gasteiger partial charge < -0.3 is 14.6 Å². The van der Waals surface area contributed by atoms with Crippen molar-refractivity contribution >= 4 is 33.4 Å². The van der Waals surface area contributed by atoms with Crippen LogP contribution < -0.4 is 10.9 Å². The highest BCUT2D eigenvalue weighted by molar-refractivity contribution is 7.20. The van der Waals surface area contributed by atoms with Crippen LogP contribution in [0.5, 0.6) is 0 Å². The Hall–Kier alpha value is -3.00. The molecule has 0 saturated carbocycles. The van der Waals surface area contributed by atoms with E-state index in [2.05, 4.69) is 10.3 Å². The lowest BCUT2D eigenvalue weighted by Gasteiger charge is -2.14. The molecule has 0 aliphatic carbocycles. The number of carbonyl (C=O) groups excluding carboxylic acids is 2. The van der Waals surface area contributed by atoms with Crippen LogP contribution in [-0.2, 0) is 16.6 Å². The Kier molecular flexibility index (Phi) is 5.36. The molecule has 0 bridgehead atoms. The summed E-state index contributed by atoms with van der Waals surface area (Å²) in [4.78, 5) is 41.6. The van der Waals surface area contributed by atoms with Crippen LogP contribution in [0.2, 0.25) is 0 Å². The molecular weight excluding hydrogens is 366 g/mol. The van der Waals surface area contributed by atoms with Gasteiger partial charge in [-0.2, -0.15) is 0 Å². The molecule has 0 spiro atoms. The van der Waals surface area contributed by atoms with Gasteiger partial charge in [0.05, 0.1) is 17.8 Å². The zero-order valence-electron chi connectivity index (χ0n) is 15.2. The largest absolute Gasteiger partial charge is 0.451 e. The second-order valence-electron chi connectivity index (χ2n) is 6.17. The summed E-state index contributed by atoms with van der Waals surface area (Å²) in [6.07, 6.45) is 1.41. The van der Waals surface area contributed by atoms with Crippen molar-refractivity contribution in [2.45, 2.75) is 19.9 Å². The van der Waals surface area contributed by atoms with Crippen LogP contribution in [0.4, 0.5) is 0 Å². The van der Waals surface area contributed by atoms with Crippen molar-refractivity contribution in [2.75, 3.05) is 6.61 Å². The number of esters is 1. The molecule has 1 unspecified atom stereocenters. The number of amides is 1. The van der Waals surface area contributed by atoms with Crippen molar-refractivity contribution in [2.24, 2.45) is 7.05 Å². The van der Waals surface area contributed by atoms with Crippen LogP contribution in [0.1, 0.15) is 33.8 Å². The van der Waals surface area contributed by atoms with E-state index < -0.39 is 18.5 Å². The van der Waals surface area contributed by atoms with Gasteiger partial charge in [0.25, 0.3) is 11.5 Å². The minimum absolute atomic E-state index is 0.198. The van der Waals surface area contributed by atoms with Crippen LogP contribution in [0.25, 0.3) is 10.2 Å². The van der Waals surface area contributed by atoms with E-state index in [4.69, 9.17) is 4.74 Å². The number of carbonyl (C=O) groups is 2. The molecule has 27 heavy (non-hydrogen) atoms. The molecule has 0 aliphatic rings. The summed E-state index contributed by atoms with van der Waals surface area (Å²) < 4.78 is 6.49. The molecule has 1 amide bonds. The van der Waals surface area contributed by atoms with E-state index in [1.165, 1.54) is 10.9 Å². The van der Waals surface area contributed by atoms with Crippen molar-refractivity contribution in [3.8, 4) is 0 Å². The number of ether oxygens (including phenoxy) is 1. The molecule has 0 saturated heterocycles. The maximum atomic E-state index is 12.4. The highest BCUT2D eigenvalue weighted by Crippen LogP contribution is 2.27. The van der Waals surface area contributed by atoms with Gasteiger partial charge in [-0.25, -0.2) is 9.78 Å². The summed E-state index contributed by atoms with van der Waals surface area (Å²) >= 11 is 1.09. The van der Waals surface area contributed by atoms with Gasteiger partial charge >= 0.3 is 5.97 Å². The van der Waals surface area contributed by atoms with Crippen molar-refractivity contribution < 1.29 is 14.3 Å². The molecule has 0 fully saturated rings. The number of thiophene rings is 1. The Morgan fingerprint density at radius 1 is 1.30 bits per heavy atom. The Labute approximate surface area is 159 Å². The van der Waals surface area contributed by atoms with Gasteiger partial charge in [-0.3, -0.25) is 9.59 Å². The molecule has 7 nitrogen and oxygen atoms in total. The fourth-order valence-corrected chi connectivity index (χ4v) is 3.74. The van der Waals surface area contributed by atoms with Gasteiger partial charge in [0.1, 0.15) is 9.71 Å². The normalized spacial score (nSPS) is 12.0. The third-order valence-corrected chi connectivity index (χ3v) is 5.39. The first-order chi connectivity index (χ1) is 12.9. The van der Waals surface area contributed by atoms with Crippen LogP contribution in [0.15, 0.2) is 41.5 Å². The van der Waals surface area contributed by atoms with Crippen molar-refractivity contribution in [1.29, 1.82) is 0 Å². The molecular formula is C19H19N3O4S. The fourth-order valence-electron chi connectivity index (χ4n) is 2.71. The summed E-state index contributed by atoms with van der Waals surface area (Å²) in [5.41, 5.74) is 1.26. The Morgan fingerprint density at radius 3 is 2.70 bits per heavy atom. The lowest BCUT2D eigenvalue weighted by molar-refractivity contribution is -0.124. The first kappa shape index (κ1) is 18.8. The zero-order chi connectivity index (χ0) is 19.6. The number of rotatable bonds is 5. The summed E-state index contributed by atoms with van der Waals surface area (Å²) in [5, 5.41) is 3.18. The number of hydrogen-bond acceptors (Lipinski definition) is 6. The van der Waals surface area contributed by atoms with E-state index in [9.17, 15) is 14.4 Å². The highest BCUT2D eigenvalue weighted by Gasteiger charge is 2.21. The van der Waals surface area contributed by atoms with Gasteiger partial charge in [-0.1, -0.05) is 30.3 Å². The zero-order valence-corrected chi connectivity index (χ0v) is 16.0. The number of nitrogens with one attached hydrogen (secondary N) is 1. The predicted molar refractivity (Wildman–Crippen MR) is 103 cm³/mol. The van der Waals surface area contributed by atoms with Crippen molar-refractivity contribution in [1.82, 2.24) is 14.9 Å². The van der Waals surface area contributed by atoms with Gasteiger partial charge in [-0.15, -0.1) is 11.3 Å². The molecule has 140 valence electrons. The summed E-state index contributed by atoms with van der Waals surface area (Å²) in [5.74, 6) is -1.03. The molecule has 1 N–H and O–H groups in total. The fraction of sp³-hybridized carbons (Fsp3) is 0.263. The molecule has 0 aliphatic heterocycles. The Bertz CT molecular complexity index is 1060. The maximum absolute atomic E-state index is 12.4. The number of hydrogen-bond donors (Lipinski definition) is 1. The monoisotopic (exact) mass is 385 g/mol. The minimum atomic E-state index is -0.639. The van der Waals surface area contributed by atoms with E-state index in [-0.39, 0.29) is 16.5 Å². The van der Waals surface area contributed by atoms with Crippen LogP contribution in [0.3, 0.4) is 0 Å². The van der Waals surface area contributed by atoms with Crippen molar-refractivity contribution in [3.63, 3.8) is 0 Å². The number of aromatic nitrogens is 2. The third kappa shape index (κ3) is 3.90. The third-order valence-electron chi connectivity index (χ3n) is 4.21. The first-order valence-electron chi connectivity index (χ1n) is 8.34. The Morgan fingerprint density at radius 2 is 2.00 bits per heavy atom. The van der Waals surface area contributed by atoms with Crippen LogP contribution in [0, 0.1) is 6.92 Å². The SMILES string of the molecule is Cc1c(C(=O)OCC(=O)NC(C)c2ccccc2)sc2ncn(C)c(=O)c12. The second-order valence-corrected chi connectivity index (χ2v) is 7.17. The molecule has 2 aromatic heterocycles. The molecule has 1 aromatic carbocycles. The topological polar surface area (TPSA) is 90.3 Å². The van der Waals surface area contributed by atoms with Gasteiger partial charge in [0.15, 0.2) is 6.61 Å². The van der Waals surface area contributed by atoms with Crippen LogP contribution in [-0.4, -0.2) is 28.0 Å². The average molecular weight is 385 g/mol. The number of benzene rings is 1. The predicted octanol–water partition coefficient (Wildman–Crippen LogP) is 2.34. The average Bonchev–Trinajstić information content (AvgIpc) is 3.01. The standard InChI is InChI=1S/C19H19N3O4S/c1-11-15-17(20-10-22(3)18(15)24)27-16(11)19(25)26-9-14(23)21-12(2)13-7-5-4-6-8-13/h4-8,10,12H,9H2,1-3H3,(H,21,23). The summed E-state index contributed by atoms with van der Waals surface area (Å²) in [6, 6.07) is 9.29. The quantitative estimate of drug-likeness (QED) is 0.681. The smallest absolute Gasteiger partial charge is 0.349 e. The second kappa shape index (κ2) is 7.71. The minimum Gasteiger partial charge on any atom is -0.451 e. The highest BCUT2D eigenvalue weighted by atomic mass is 32.1. The summed E-state index contributed by atoms with van der Waals surface area (Å²) in [6.45, 7) is 3.14. The lowest BCUT2D eigenvalue weighted by Crippen LogP contribution is -2.31. The first-order valence-corrected chi connectivity index (χ1v) is 9.16. The van der Waals surface area contributed by atoms with Gasteiger partial charge in [0, 0.05) is 7.05 Å². The maximum Gasteiger partial charge on any atom is 0.349 e. The molecule has 0 radical (unpaired) electrons. The molecule has 1 atom stereocenters. The Balaban J connectivity index is 1.67. The number of aryl methyl sites for hydroxylation is 2. The number of fused-ring (bicyclic) bond motifs is 1. The molecule has 3 rings (SSSR count). The van der Waals surface area contributed by atoms with E-state index in [0.717, 1.165) is 16.9 Å². The van der Waals surface area contributed by atoms with Gasteiger partial charge in [-0.05, 0) is 25.0 Å². The van der Waals surface area contributed by atoms with Gasteiger partial charge in [0.2, 0.25) is 0 Å². The number of nitrogens with zero attached hydrogens (tertiary/aromatic N) is 2. The molecule has 2 heterocycles. The van der Waals surface area contributed by atoms with E-state index >= 15 is 0 Å². The van der Waals surface area contributed by atoms with Crippen molar-refractivity contribution in [3.05, 3.63) is 63.0 Å². The summed E-state index contributed by atoms with van der Waals surface area (Å²) in [7, 11) is 1.60. The van der Waals surface area contributed by atoms with E-state index in [1.54, 1.807) is 14.0 Å². The van der Waals surface area contributed by atoms with E-state index in [0.29, 0.717) is 15.8 Å². The molecule has 3 aromatic rings. The van der Waals surface area contributed by atoms with E-state index in [1.807, 2.05) is 37.3 Å². The molecule has 8 heteroatoms. The lowest BCUT2D eigenvalue weighted by atomic mass is 10.1.